The Bertz CT molecular complexity index is 467. The van der Waals surface area contributed by atoms with Gasteiger partial charge in [-0.1, -0.05) is 0 Å². The average Bonchev–Trinajstić information content (AvgIpc) is 2.33. The zero-order chi connectivity index (χ0) is 14.8. The van der Waals surface area contributed by atoms with Crippen molar-refractivity contribution in [2.24, 2.45) is 5.92 Å². The van der Waals surface area contributed by atoms with Crippen LogP contribution in [0.2, 0.25) is 0 Å². The largest absolute Gasteiger partial charge is 0.497 e. The molecule has 1 heterocycles. The summed E-state index contributed by atoms with van der Waals surface area (Å²) in [7, 11) is 1.54. The third-order valence-electron chi connectivity index (χ3n) is 3.16. The third-order valence-corrected chi connectivity index (χ3v) is 3.16. The van der Waals surface area contributed by atoms with Gasteiger partial charge < -0.3 is 10.1 Å². The van der Waals surface area contributed by atoms with Crippen LogP contribution in [0, 0.1) is 5.92 Å². The molecule has 0 aliphatic carbocycles. The first-order valence-electron chi connectivity index (χ1n) is 6.11. The highest BCUT2D eigenvalue weighted by Gasteiger charge is 2.47. The molecule has 0 aromatic heterocycles. The number of amides is 1. The first kappa shape index (κ1) is 14.6. The summed E-state index contributed by atoms with van der Waals surface area (Å²) in [5, 5.41) is 2.63. The maximum atomic E-state index is 12.3. The molecule has 0 atom stereocenters. The standard InChI is InChI=1S/C13H15F3N2O2/c1-20-11-4-2-10(3-5-11)17-12(19)8-18-6-9(7-18)13(14,15)16/h2-5,9H,6-8H2,1H3,(H,17,19). The Hall–Kier alpha value is -1.76. The lowest BCUT2D eigenvalue weighted by atomic mass is 10.00. The summed E-state index contributed by atoms with van der Waals surface area (Å²) < 4.78 is 41.9. The predicted octanol–water partition coefficient (Wildman–Crippen LogP) is 2.13. The number of methoxy groups -OCH3 is 1. The molecule has 7 heteroatoms. The minimum atomic E-state index is -4.16. The molecular formula is C13H15F3N2O2. The first-order chi connectivity index (χ1) is 9.38. The molecule has 1 N–H and O–H groups in total. The number of ether oxygens (including phenoxy) is 1. The SMILES string of the molecule is COc1ccc(NC(=O)CN2CC(C(F)(F)F)C2)cc1. The van der Waals surface area contributed by atoms with Crippen LogP contribution in [0.15, 0.2) is 24.3 Å². The number of hydrogen-bond acceptors (Lipinski definition) is 3. The van der Waals surface area contributed by atoms with Crippen LogP contribution in [-0.2, 0) is 4.79 Å². The molecule has 1 saturated heterocycles. The average molecular weight is 288 g/mol. The minimum Gasteiger partial charge on any atom is -0.497 e. The van der Waals surface area contributed by atoms with Crippen LogP contribution < -0.4 is 10.1 Å². The number of benzene rings is 1. The predicted molar refractivity (Wildman–Crippen MR) is 67.6 cm³/mol. The lowest BCUT2D eigenvalue weighted by Gasteiger charge is -2.39. The van der Waals surface area contributed by atoms with Crippen molar-refractivity contribution in [1.29, 1.82) is 0 Å². The fraction of sp³-hybridized carbons (Fsp3) is 0.462. The van der Waals surface area contributed by atoms with Crippen molar-refractivity contribution >= 4 is 11.6 Å². The summed E-state index contributed by atoms with van der Waals surface area (Å²) in [6.45, 7) is -0.252. The highest BCUT2D eigenvalue weighted by molar-refractivity contribution is 5.92. The van der Waals surface area contributed by atoms with Crippen LogP contribution in [0.25, 0.3) is 0 Å². The number of anilines is 1. The summed E-state index contributed by atoms with van der Waals surface area (Å²) in [6.07, 6.45) is -4.16. The molecule has 0 radical (unpaired) electrons. The molecule has 0 bridgehead atoms. The Morgan fingerprint density at radius 2 is 1.95 bits per heavy atom. The second kappa shape index (κ2) is 5.70. The van der Waals surface area contributed by atoms with Crippen LogP contribution in [-0.4, -0.2) is 43.7 Å². The van der Waals surface area contributed by atoms with E-state index in [1.54, 1.807) is 24.3 Å². The zero-order valence-electron chi connectivity index (χ0n) is 10.9. The number of rotatable bonds is 4. The Labute approximate surface area is 114 Å². The van der Waals surface area contributed by atoms with Crippen molar-refractivity contribution in [3.8, 4) is 5.75 Å². The van der Waals surface area contributed by atoms with E-state index < -0.39 is 12.1 Å². The van der Waals surface area contributed by atoms with Crippen molar-refractivity contribution in [2.45, 2.75) is 6.18 Å². The summed E-state index contributed by atoms with van der Waals surface area (Å²) in [6, 6.07) is 6.73. The summed E-state index contributed by atoms with van der Waals surface area (Å²) in [5.41, 5.74) is 0.587. The van der Waals surface area contributed by atoms with E-state index in [0.717, 1.165) is 0 Å². The Balaban J connectivity index is 1.76. The van der Waals surface area contributed by atoms with Crippen LogP contribution in [0.5, 0.6) is 5.75 Å². The molecule has 4 nitrogen and oxygen atoms in total. The van der Waals surface area contributed by atoms with Crippen LogP contribution >= 0.6 is 0 Å². The van der Waals surface area contributed by atoms with Gasteiger partial charge in [-0.3, -0.25) is 9.69 Å². The summed E-state index contributed by atoms with van der Waals surface area (Å²) >= 11 is 0. The van der Waals surface area contributed by atoms with Crippen LogP contribution in [0.4, 0.5) is 18.9 Å². The van der Waals surface area contributed by atoms with E-state index in [-0.39, 0.29) is 25.5 Å². The second-order valence-electron chi connectivity index (χ2n) is 4.71. The monoisotopic (exact) mass is 288 g/mol. The highest BCUT2D eigenvalue weighted by atomic mass is 19.4. The van der Waals surface area contributed by atoms with Crippen LogP contribution in [0.1, 0.15) is 0 Å². The van der Waals surface area contributed by atoms with E-state index in [1.165, 1.54) is 12.0 Å². The molecular weight excluding hydrogens is 273 g/mol. The van der Waals surface area contributed by atoms with Gasteiger partial charge in [0.15, 0.2) is 0 Å². The van der Waals surface area contributed by atoms with Gasteiger partial charge in [0.05, 0.1) is 19.6 Å². The number of nitrogens with zero attached hydrogens (tertiary/aromatic N) is 1. The van der Waals surface area contributed by atoms with Gasteiger partial charge in [0.1, 0.15) is 5.75 Å². The number of likely N-dealkylation sites (tertiary alicyclic amines) is 1. The molecule has 0 unspecified atom stereocenters. The Morgan fingerprint density at radius 3 is 2.45 bits per heavy atom. The smallest absolute Gasteiger partial charge is 0.394 e. The molecule has 1 aliphatic heterocycles. The first-order valence-corrected chi connectivity index (χ1v) is 6.11. The van der Waals surface area contributed by atoms with E-state index >= 15 is 0 Å². The van der Waals surface area contributed by atoms with Gasteiger partial charge in [-0.15, -0.1) is 0 Å². The van der Waals surface area contributed by atoms with Crippen molar-refractivity contribution in [2.75, 3.05) is 32.1 Å². The fourth-order valence-corrected chi connectivity index (χ4v) is 1.98. The molecule has 2 rings (SSSR count). The molecule has 1 fully saturated rings. The van der Waals surface area contributed by atoms with Gasteiger partial charge in [-0.25, -0.2) is 0 Å². The second-order valence-corrected chi connectivity index (χ2v) is 4.71. The number of hydrogen-bond donors (Lipinski definition) is 1. The highest BCUT2D eigenvalue weighted by Crippen LogP contribution is 2.33. The molecule has 1 amide bonds. The Morgan fingerprint density at radius 1 is 1.35 bits per heavy atom. The molecule has 1 aliphatic rings. The number of alkyl halides is 3. The van der Waals surface area contributed by atoms with E-state index in [0.29, 0.717) is 11.4 Å². The topological polar surface area (TPSA) is 41.6 Å². The molecule has 110 valence electrons. The maximum Gasteiger partial charge on any atom is 0.394 e. The van der Waals surface area contributed by atoms with Gasteiger partial charge >= 0.3 is 6.18 Å². The van der Waals surface area contributed by atoms with E-state index in [9.17, 15) is 18.0 Å². The molecule has 0 spiro atoms. The van der Waals surface area contributed by atoms with Crippen molar-refractivity contribution in [3.05, 3.63) is 24.3 Å². The van der Waals surface area contributed by atoms with E-state index in [4.69, 9.17) is 4.74 Å². The number of carbonyl (C=O) groups excluding carboxylic acids is 1. The Kier molecular flexibility index (Phi) is 4.17. The third kappa shape index (κ3) is 3.63. The van der Waals surface area contributed by atoms with Gasteiger partial charge in [-0.2, -0.15) is 13.2 Å². The molecule has 20 heavy (non-hydrogen) atoms. The minimum absolute atomic E-state index is 0.0292. The summed E-state index contributed by atoms with van der Waals surface area (Å²) in [4.78, 5) is 13.1. The summed E-state index contributed by atoms with van der Waals surface area (Å²) in [5.74, 6) is -0.967. The zero-order valence-corrected chi connectivity index (χ0v) is 10.9. The number of carbonyl (C=O) groups is 1. The quantitative estimate of drug-likeness (QED) is 0.923. The van der Waals surface area contributed by atoms with E-state index in [2.05, 4.69) is 5.32 Å². The normalized spacial score (nSPS) is 16.6. The number of halogens is 3. The van der Waals surface area contributed by atoms with Gasteiger partial charge in [0.25, 0.3) is 0 Å². The van der Waals surface area contributed by atoms with Gasteiger partial charge in [-0.05, 0) is 24.3 Å². The van der Waals surface area contributed by atoms with Crippen molar-refractivity contribution in [1.82, 2.24) is 4.90 Å². The molecule has 1 aromatic rings. The maximum absolute atomic E-state index is 12.3. The fourth-order valence-electron chi connectivity index (χ4n) is 1.98. The molecule has 0 saturated carbocycles. The van der Waals surface area contributed by atoms with Crippen molar-refractivity contribution in [3.63, 3.8) is 0 Å². The van der Waals surface area contributed by atoms with E-state index in [1.807, 2.05) is 0 Å². The van der Waals surface area contributed by atoms with Crippen molar-refractivity contribution < 1.29 is 22.7 Å². The lowest BCUT2D eigenvalue weighted by molar-refractivity contribution is -0.208. The van der Waals surface area contributed by atoms with Gasteiger partial charge in [0.2, 0.25) is 5.91 Å². The van der Waals surface area contributed by atoms with Crippen LogP contribution in [0.3, 0.4) is 0 Å². The molecule has 1 aromatic carbocycles. The van der Waals surface area contributed by atoms with Gasteiger partial charge in [0, 0.05) is 18.8 Å². The number of nitrogens with one attached hydrogen (secondary N) is 1. The lowest BCUT2D eigenvalue weighted by Crippen LogP contribution is -2.55.